The molecule has 2 aromatic rings. The van der Waals surface area contributed by atoms with Gasteiger partial charge in [0.05, 0.1) is 10.5 Å². The number of nitrogens with zero attached hydrogens (tertiary/aromatic N) is 2. The lowest BCUT2D eigenvalue weighted by Crippen LogP contribution is -2.35. The van der Waals surface area contributed by atoms with E-state index in [1.165, 1.54) is 12.5 Å². The van der Waals surface area contributed by atoms with Crippen LogP contribution >= 0.6 is 0 Å². The van der Waals surface area contributed by atoms with E-state index in [4.69, 9.17) is 4.74 Å². The van der Waals surface area contributed by atoms with E-state index in [1.54, 1.807) is 19.1 Å². The highest BCUT2D eigenvalue weighted by atomic mass is 16.6. The van der Waals surface area contributed by atoms with Crippen molar-refractivity contribution in [1.82, 2.24) is 4.90 Å². The first-order chi connectivity index (χ1) is 12.6. The van der Waals surface area contributed by atoms with Crippen LogP contribution in [0.5, 0.6) is 5.75 Å². The Labute approximate surface area is 152 Å². The van der Waals surface area contributed by atoms with Crippen LogP contribution < -0.4 is 4.74 Å². The fourth-order valence-electron chi connectivity index (χ4n) is 3.19. The second kappa shape index (κ2) is 7.99. The molecule has 0 radical (unpaired) electrons. The van der Waals surface area contributed by atoms with Crippen LogP contribution in [0, 0.1) is 17.0 Å². The Hall–Kier alpha value is -2.89. The zero-order valence-electron chi connectivity index (χ0n) is 14.8. The summed E-state index contributed by atoms with van der Waals surface area (Å²) in [4.78, 5) is 25.1. The number of ether oxygens (including phenoxy) is 1. The molecule has 136 valence electrons. The molecule has 3 rings (SSSR count). The highest BCUT2D eigenvalue weighted by Crippen LogP contribution is 2.27. The smallest absolute Gasteiger partial charge is 0.276 e. The minimum atomic E-state index is -0.417. The summed E-state index contributed by atoms with van der Waals surface area (Å²) >= 11 is 0. The molecule has 26 heavy (non-hydrogen) atoms. The van der Waals surface area contributed by atoms with E-state index in [2.05, 4.69) is 0 Å². The van der Waals surface area contributed by atoms with E-state index in [1.807, 2.05) is 29.2 Å². The average Bonchev–Trinajstić information content (AvgIpc) is 2.67. The van der Waals surface area contributed by atoms with Crippen LogP contribution in [-0.4, -0.2) is 28.8 Å². The van der Waals surface area contributed by atoms with Crippen LogP contribution in [0.3, 0.4) is 0 Å². The van der Waals surface area contributed by atoms with Gasteiger partial charge in [0, 0.05) is 24.7 Å². The van der Waals surface area contributed by atoms with Gasteiger partial charge in [-0.1, -0.05) is 18.2 Å². The number of amides is 1. The Morgan fingerprint density at radius 1 is 1.15 bits per heavy atom. The molecule has 6 heteroatoms. The quantitative estimate of drug-likeness (QED) is 0.598. The van der Waals surface area contributed by atoms with Gasteiger partial charge in [-0.25, -0.2) is 0 Å². The number of carbonyl (C=O) groups excluding carboxylic acids is 1. The third-order valence-electron chi connectivity index (χ3n) is 4.66. The van der Waals surface area contributed by atoms with Crippen LogP contribution in [0.15, 0.2) is 42.5 Å². The van der Waals surface area contributed by atoms with Crippen molar-refractivity contribution >= 4 is 11.6 Å². The van der Waals surface area contributed by atoms with E-state index in [-0.39, 0.29) is 18.2 Å². The summed E-state index contributed by atoms with van der Waals surface area (Å²) in [5.41, 5.74) is 2.05. The minimum Gasteiger partial charge on any atom is -0.488 e. The van der Waals surface area contributed by atoms with Crippen molar-refractivity contribution in [1.29, 1.82) is 0 Å². The van der Waals surface area contributed by atoms with E-state index in [0.717, 1.165) is 31.5 Å². The molecule has 1 aliphatic rings. The fourth-order valence-corrected chi connectivity index (χ4v) is 3.19. The first-order valence-electron chi connectivity index (χ1n) is 8.81. The number of rotatable bonds is 5. The lowest BCUT2D eigenvalue weighted by atomic mass is 10.1. The van der Waals surface area contributed by atoms with Crippen molar-refractivity contribution < 1.29 is 14.5 Å². The zero-order chi connectivity index (χ0) is 18.5. The predicted molar refractivity (Wildman–Crippen MR) is 98.4 cm³/mol. The van der Waals surface area contributed by atoms with Gasteiger partial charge < -0.3 is 9.64 Å². The van der Waals surface area contributed by atoms with Gasteiger partial charge >= 0.3 is 0 Å². The number of piperidine rings is 1. The first kappa shape index (κ1) is 17.9. The molecule has 1 saturated heterocycles. The molecule has 0 saturated carbocycles. The maximum atomic E-state index is 12.6. The maximum absolute atomic E-state index is 12.6. The molecule has 1 heterocycles. The van der Waals surface area contributed by atoms with Crippen molar-refractivity contribution in [3.63, 3.8) is 0 Å². The third-order valence-corrected chi connectivity index (χ3v) is 4.66. The number of hydrogen-bond acceptors (Lipinski definition) is 4. The van der Waals surface area contributed by atoms with Gasteiger partial charge in [-0.3, -0.25) is 14.9 Å². The van der Waals surface area contributed by atoms with Gasteiger partial charge in [-0.2, -0.15) is 0 Å². The summed E-state index contributed by atoms with van der Waals surface area (Å²) in [5.74, 6) is 0.532. The molecular weight excluding hydrogens is 332 g/mol. The zero-order valence-corrected chi connectivity index (χ0v) is 14.8. The second-order valence-corrected chi connectivity index (χ2v) is 6.50. The van der Waals surface area contributed by atoms with Gasteiger partial charge in [0.1, 0.15) is 12.4 Å². The minimum absolute atomic E-state index is 0.0385. The number of carbonyl (C=O) groups is 1. The molecule has 0 bridgehead atoms. The van der Waals surface area contributed by atoms with Gasteiger partial charge in [-0.05, 0) is 49.9 Å². The largest absolute Gasteiger partial charge is 0.488 e. The summed E-state index contributed by atoms with van der Waals surface area (Å²) < 4.78 is 5.76. The normalized spacial score (nSPS) is 14.1. The SMILES string of the molecule is Cc1c(OCc2cccc(C(=O)N3CCCCC3)c2)cccc1[N+](=O)[O-]. The highest BCUT2D eigenvalue weighted by molar-refractivity contribution is 5.94. The maximum Gasteiger partial charge on any atom is 0.276 e. The van der Waals surface area contributed by atoms with Crippen molar-refractivity contribution in [3.05, 3.63) is 69.3 Å². The fraction of sp³-hybridized carbons (Fsp3) is 0.350. The van der Waals surface area contributed by atoms with Crippen LogP contribution in [0.1, 0.15) is 40.7 Å². The van der Waals surface area contributed by atoms with Gasteiger partial charge in [0.2, 0.25) is 0 Å². The molecule has 0 aromatic heterocycles. The number of likely N-dealkylation sites (tertiary alicyclic amines) is 1. The molecule has 6 nitrogen and oxygen atoms in total. The van der Waals surface area contributed by atoms with Crippen molar-refractivity contribution in [3.8, 4) is 5.75 Å². The first-order valence-corrected chi connectivity index (χ1v) is 8.81. The Bertz CT molecular complexity index is 813. The molecule has 0 N–H and O–H groups in total. The Balaban J connectivity index is 1.70. The molecule has 0 atom stereocenters. The van der Waals surface area contributed by atoms with Gasteiger partial charge in [0.15, 0.2) is 0 Å². The van der Waals surface area contributed by atoms with E-state index >= 15 is 0 Å². The predicted octanol–water partition coefficient (Wildman–Crippen LogP) is 4.11. The van der Waals surface area contributed by atoms with Gasteiger partial charge in [-0.15, -0.1) is 0 Å². The summed E-state index contributed by atoms with van der Waals surface area (Å²) in [6.07, 6.45) is 3.29. The average molecular weight is 354 g/mol. The van der Waals surface area contributed by atoms with Crippen LogP contribution in [0.2, 0.25) is 0 Å². The number of hydrogen-bond donors (Lipinski definition) is 0. The molecule has 0 spiro atoms. The monoisotopic (exact) mass is 354 g/mol. The lowest BCUT2D eigenvalue weighted by molar-refractivity contribution is -0.385. The Morgan fingerprint density at radius 2 is 1.88 bits per heavy atom. The van der Waals surface area contributed by atoms with E-state index in [0.29, 0.717) is 16.9 Å². The topological polar surface area (TPSA) is 72.7 Å². The summed E-state index contributed by atoms with van der Waals surface area (Å²) in [5, 5.41) is 11.0. The molecule has 0 unspecified atom stereocenters. The summed E-state index contributed by atoms with van der Waals surface area (Å²) in [6, 6.07) is 12.2. The standard InChI is InChI=1S/C20H22N2O4/c1-15-18(22(24)25)9-6-10-19(15)26-14-16-7-5-8-17(13-16)20(23)21-11-3-2-4-12-21/h5-10,13H,2-4,11-12,14H2,1H3. The molecule has 1 fully saturated rings. The molecule has 0 aliphatic carbocycles. The van der Waals surface area contributed by atoms with Crippen LogP contribution in [-0.2, 0) is 6.61 Å². The van der Waals surface area contributed by atoms with E-state index < -0.39 is 4.92 Å². The molecule has 1 aliphatic heterocycles. The molecule has 2 aromatic carbocycles. The number of nitro benzene ring substituents is 1. The van der Waals surface area contributed by atoms with Crippen molar-refractivity contribution in [2.24, 2.45) is 0 Å². The van der Waals surface area contributed by atoms with Gasteiger partial charge in [0.25, 0.3) is 11.6 Å². The number of nitro groups is 1. The summed E-state index contributed by atoms with van der Waals surface area (Å²) in [7, 11) is 0. The third kappa shape index (κ3) is 4.02. The summed E-state index contributed by atoms with van der Waals surface area (Å²) in [6.45, 7) is 3.55. The van der Waals surface area contributed by atoms with Crippen molar-refractivity contribution in [2.75, 3.05) is 13.1 Å². The molecular formula is C20H22N2O4. The van der Waals surface area contributed by atoms with Crippen molar-refractivity contribution in [2.45, 2.75) is 32.8 Å². The van der Waals surface area contributed by atoms with E-state index in [9.17, 15) is 14.9 Å². The molecule has 1 amide bonds. The lowest BCUT2D eigenvalue weighted by Gasteiger charge is -2.26. The van der Waals surface area contributed by atoms with Crippen LogP contribution in [0.25, 0.3) is 0 Å². The Kier molecular flexibility index (Phi) is 5.51. The van der Waals surface area contributed by atoms with Crippen LogP contribution in [0.4, 0.5) is 5.69 Å². The number of benzene rings is 2. The Morgan fingerprint density at radius 3 is 2.62 bits per heavy atom. The second-order valence-electron chi connectivity index (χ2n) is 6.50. The highest BCUT2D eigenvalue weighted by Gasteiger charge is 2.18.